The summed E-state index contributed by atoms with van der Waals surface area (Å²) in [6.07, 6.45) is 11.2. The van der Waals surface area contributed by atoms with Gasteiger partial charge < -0.3 is 22.6 Å². The van der Waals surface area contributed by atoms with Crippen LogP contribution in [-0.2, 0) is 67.8 Å². The summed E-state index contributed by atoms with van der Waals surface area (Å²) in [5, 5.41) is 20.4. The number of benzene rings is 6. The topological polar surface area (TPSA) is 74.6 Å². The van der Waals surface area contributed by atoms with E-state index in [0.717, 1.165) is 33.4 Å². The van der Waals surface area contributed by atoms with Gasteiger partial charge in [-0.05, 0) is 33.4 Å². The second-order valence-corrected chi connectivity index (χ2v) is 14.9. The minimum Gasteiger partial charge on any atom is -1.00 e. The molecular formula is C53H49ClO4Ti. The molecule has 296 valence electrons. The van der Waals surface area contributed by atoms with Crippen molar-refractivity contribution in [3.8, 4) is 0 Å². The molecule has 0 saturated heterocycles. The molecule has 4 nitrogen and oxygen atoms in total. The van der Waals surface area contributed by atoms with Gasteiger partial charge in [-0.3, -0.25) is 9.59 Å². The van der Waals surface area contributed by atoms with Crippen molar-refractivity contribution in [2.24, 2.45) is 0 Å². The Morgan fingerprint density at radius 2 is 0.576 bits per heavy atom. The first kappa shape index (κ1) is 44.7. The van der Waals surface area contributed by atoms with E-state index >= 15 is 0 Å². The summed E-state index contributed by atoms with van der Waals surface area (Å²) in [5.41, 5.74) is 9.03. The summed E-state index contributed by atoms with van der Waals surface area (Å²) >= 11 is 0. The molecule has 7 aromatic carbocycles. The number of hydrogen-bond donors (Lipinski definition) is 2. The van der Waals surface area contributed by atoms with Gasteiger partial charge in [-0.1, -0.05) is 233 Å². The molecule has 0 aliphatic heterocycles. The summed E-state index contributed by atoms with van der Waals surface area (Å²) in [6, 6.07) is 58.8. The van der Waals surface area contributed by atoms with Gasteiger partial charge in [-0.2, -0.15) is 28.3 Å². The molecule has 59 heavy (non-hydrogen) atoms. The van der Waals surface area contributed by atoms with Gasteiger partial charge in [0.25, 0.3) is 0 Å². The molecule has 2 N–H and O–H groups in total. The molecule has 9 rings (SSSR count). The number of rotatable bonds is 8. The van der Waals surface area contributed by atoms with E-state index in [0.29, 0.717) is 0 Å². The molecule has 0 atom stereocenters. The van der Waals surface area contributed by atoms with Crippen LogP contribution in [0.2, 0.25) is 0 Å². The maximum absolute atomic E-state index is 12.4. The van der Waals surface area contributed by atoms with E-state index in [2.05, 4.69) is 6.07 Å². The van der Waals surface area contributed by atoms with Crippen LogP contribution in [0, 0.1) is 0 Å². The van der Waals surface area contributed by atoms with Crippen LogP contribution < -0.4 is 12.4 Å². The van der Waals surface area contributed by atoms with Gasteiger partial charge in [0.15, 0.2) is 0 Å². The fraction of sp³-hybridized carbons (Fsp3) is 0.189. The van der Waals surface area contributed by atoms with Crippen LogP contribution in [0.4, 0.5) is 0 Å². The van der Waals surface area contributed by atoms with Gasteiger partial charge in [0.2, 0.25) is 0 Å². The SMILES string of the molecule is O=C(O)C(c1ccccc1)(c1ccccc1)c1ccccc1.O=C(O)C(c1ccccc1)(c1ccccc1)c1ccccc1.[Cl-].[Ti+2].[cH-]1c2c(c3c1CCCC3)CCCC2. The van der Waals surface area contributed by atoms with Crippen LogP contribution in [-0.4, -0.2) is 22.2 Å². The third kappa shape index (κ3) is 9.27. The van der Waals surface area contributed by atoms with Crippen LogP contribution in [0.5, 0.6) is 0 Å². The summed E-state index contributed by atoms with van der Waals surface area (Å²) in [4.78, 5) is 24.8. The van der Waals surface area contributed by atoms with Crippen LogP contribution in [0.1, 0.15) is 81.3 Å². The zero-order valence-corrected chi connectivity index (χ0v) is 35.5. The molecule has 0 radical (unpaired) electrons. The van der Waals surface area contributed by atoms with E-state index in [4.69, 9.17) is 0 Å². The van der Waals surface area contributed by atoms with Crippen molar-refractivity contribution < 1.29 is 53.9 Å². The average molecular weight is 833 g/mol. The van der Waals surface area contributed by atoms with Gasteiger partial charge in [0.1, 0.15) is 10.8 Å². The van der Waals surface area contributed by atoms with Crippen molar-refractivity contribution in [3.05, 3.63) is 244 Å². The van der Waals surface area contributed by atoms with E-state index in [9.17, 15) is 19.8 Å². The quantitative estimate of drug-likeness (QED) is 0.0918. The number of carboxylic acids is 2. The molecule has 7 aromatic rings. The maximum Gasteiger partial charge on any atom is 2.00 e. The predicted octanol–water partition coefficient (Wildman–Crippen LogP) is 8.38. The number of carbonyl (C=O) groups is 2. The standard InChI is InChI=1S/2C20H16O2.C13H17.ClH.Ti/c2*21-19(22)20(16-10-4-1-5-11-16,17-12-6-2-7-13-17)18-14-8-3-9-15-18;1-3-7-12-10(5-1)9-11-6-2-4-8-13(11)12;;/h2*1-15H,(H,21,22);9H,1-8H2;1H;/q;;-1;;+2/p-1. The number of carboxylic acid groups (broad SMARTS) is 2. The number of hydrogen-bond acceptors (Lipinski definition) is 2. The summed E-state index contributed by atoms with van der Waals surface area (Å²) < 4.78 is 0. The maximum atomic E-state index is 12.4. The van der Waals surface area contributed by atoms with E-state index < -0.39 is 22.8 Å². The van der Waals surface area contributed by atoms with Crippen LogP contribution in [0.3, 0.4) is 0 Å². The minimum absolute atomic E-state index is 0. The molecule has 0 spiro atoms. The van der Waals surface area contributed by atoms with E-state index in [1.54, 1.807) is 22.3 Å². The largest absolute Gasteiger partial charge is 2.00 e. The van der Waals surface area contributed by atoms with Gasteiger partial charge in [-0.15, -0.1) is 0 Å². The molecule has 0 amide bonds. The zero-order valence-electron chi connectivity index (χ0n) is 33.1. The van der Waals surface area contributed by atoms with Crippen LogP contribution >= 0.6 is 0 Å². The Hall–Kier alpha value is -5.39. The third-order valence-electron chi connectivity index (χ3n) is 11.6. The van der Waals surface area contributed by atoms with E-state index in [-0.39, 0.29) is 34.1 Å². The first-order chi connectivity index (χ1) is 28.0. The van der Waals surface area contributed by atoms with Crippen LogP contribution in [0.25, 0.3) is 0 Å². The van der Waals surface area contributed by atoms with Crippen molar-refractivity contribution in [1.82, 2.24) is 0 Å². The Morgan fingerprint density at radius 1 is 0.373 bits per heavy atom. The molecule has 0 heterocycles. The number of aliphatic carboxylic acids is 2. The van der Waals surface area contributed by atoms with Gasteiger partial charge >= 0.3 is 33.7 Å². The molecule has 6 heteroatoms. The summed E-state index contributed by atoms with van der Waals surface area (Å²) in [7, 11) is 0. The molecule has 2 aliphatic carbocycles. The molecule has 0 fully saturated rings. The molecule has 0 aromatic heterocycles. The molecule has 0 bridgehead atoms. The van der Waals surface area contributed by atoms with Crippen molar-refractivity contribution in [2.75, 3.05) is 0 Å². The smallest absolute Gasteiger partial charge is 1.00 e. The number of fused-ring (bicyclic) bond motifs is 3. The monoisotopic (exact) mass is 832 g/mol. The Morgan fingerprint density at radius 3 is 0.780 bits per heavy atom. The first-order valence-electron chi connectivity index (χ1n) is 20.1. The number of aryl methyl sites for hydroxylation is 2. The Balaban J connectivity index is 0.000000170. The summed E-state index contributed by atoms with van der Waals surface area (Å²) in [6.45, 7) is 0. The van der Waals surface area contributed by atoms with Gasteiger partial charge in [-0.25, -0.2) is 0 Å². The Labute approximate surface area is 369 Å². The van der Waals surface area contributed by atoms with Crippen molar-refractivity contribution >= 4 is 11.9 Å². The first-order valence-corrected chi connectivity index (χ1v) is 20.1. The average Bonchev–Trinajstić information content (AvgIpc) is 3.66. The fourth-order valence-corrected chi connectivity index (χ4v) is 8.95. The fourth-order valence-electron chi connectivity index (χ4n) is 8.95. The number of halogens is 1. The van der Waals surface area contributed by atoms with E-state index in [1.165, 1.54) is 51.4 Å². The van der Waals surface area contributed by atoms with Gasteiger partial charge in [0, 0.05) is 0 Å². The molecule has 2 aliphatic rings. The third-order valence-corrected chi connectivity index (χ3v) is 11.6. The normalized spacial score (nSPS) is 12.9. The van der Waals surface area contributed by atoms with Gasteiger partial charge in [0.05, 0.1) is 0 Å². The van der Waals surface area contributed by atoms with Crippen molar-refractivity contribution in [3.63, 3.8) is 0 Å². The second-order valence-electron chi connectivity index (χ2n) is 14.9. The summed E-state index contributed by atoms with van der Waals surface area (Å²) in [5.74, 6) is -1.76. The van der Waals surface area contributed by atoms with E-state index in [1.807, 2.05) is 182 Å². The van der Waals surface area contributed by atoms with Crippen LogP contribution in [0.15, 0.2) is 188 Å². The predicted molar refractivity (Wildman–Crippen MR) is 229 cm³/mol. The Kier molecular flexibility index (Phi) is 15.9. The Bertz CT molecular complexity index is 1990. The molecular weight excluding hydrogens is 784 g/mol. The molecule has 0 saturated carbocycles. The van der Waals surface area contributed by atoms with Crippen molar-refractivity contribution in [1.29, 1.82) is 0 Å². The zero-order chi connectivity index (χ0) is 39.5. The van der Waals surface area contributed by atoms with Crippen molar-refractivity contribution in [2.45, 2.75) is 62.2 Å². The minimum atomic E-state index is -1.20. The second kappa shape index (κ2) is 21.0. The molecule has 0 unspecified atom stereocenters.